The molecule has 0 saturated carbocycles. The van der Waals surface area contributed by atoms with Gasteiger partial charge in [0.15, 0.2) is 0 Å². The average Bonchev–Trinajstić information content (AvgIpc) is 2.64. The number of carbonyl (C=O) groups is 1. The largest absolute Gasteiger partial charge is 0.544 e. The molecule has 0 N–H and O–H groups in total. The van der Waals surface area contributed by atoms with Crippen molar-refractivity contribution in [1.82, 2.24) is 4.98 Å². The van der Waals surface area contributed by atoms with Gasteiger partial charge >= 0.3 is 0 Å². The van der Waals surface area contributed by atoms with E-state index in [4.69, 9.17) is 23.2 Å². The van der Waals surface area contributed by atoms with E-state index in [1.807, 2.05) is 0 Å². The summed E-state index contributed by atoms with van der Waals surface area (Å²) in [5, 5.41) is 12.2. The fourth-order valence-electron chi connectivity index (χ4n) is 1.34. The highest BCUT2D eigenvalue weighted by Crippen LogP contribution is 2.32. The summed E-state index contributed by atoms with van der Waals surface area (Å²) < 4.78 is 0. The van der Waals surface area contributed by atoms with Crippen molar-refractivity contribution in [3.8, 4) is 10.6 Å². The first-order valence-electron chi connectivity index (χ1n) is 4.63. The van der Waals surface area contributed by atoms with Crippen LogP contribution in [-0.2, 0) is 0 Å². The molecule has 0 aliphatic rings. The number of nitrogens with zero attached hydrogens (tertiary/aromatic N) is 1. The van der Waals surface area contributed by atoms with Gasteiger partial charge in [-0.1, -0.05) is 29.3 Å². The number of rotatable bonds is 2. The zero-order chi connectivity index (χ0) is 12.6. The van der Waals surface area contributed by atoms with Crippen LogP contribution in [-0.4, -0.2) is 11.0 Å². The summed E-state index contributed by atoms with van der Waals surface area (Å²) in [5.74, 6) is -1.22. The zero-order valence-corrected chi connectivity index (χ0v) is 11.0. The molecule has 2 aromatic rings. The molecule has 1 aromatic carbocycles. The Morgan fingerprint density at radius 2 is 2.06 bits per heavy atom. The maximum atomic E-state index is 10.8. The molecule has 0 radical (unpaired) electrons. The van der Waals surface area contributed by atoms with E-state index in [0.717, 1.165) is 16.9 Å². The number of carbonyl (C=O) groups excluding carboxylic acids is 1. The lowest BCUT2D eigenvalue weighted by molar-refractivity contribution is -0.254. The van der Waals surface area contributed by atoms with E-state index in [1.165, 1.54) is 0 Å². The fourth-order valence-corrected chi connectivity index (χ4v) is 2.53. The molecular formula is C11H6Cl2NO2S-. The van der Waals surface area contributed by atoms with Crippen molar-refractivity contribution in [3.05, 3.63) is 38.8 Å². The van der Waals surface area contributed by atoms with Crippen LogP contribution in [0, 0.1) is 6.92 Å². The number of aryl methyl sites for hydroxylation is 1. The van der Waals surface area contributed by atoms with E-state index in [2.05, 4.69) is 4.98 Å². The second kappa shape index (κ2) is 4.64. The average molecular weight is 287 g/mol. The van der Waals surface area contributed by atoms with Crippen LogP contribution in [0.2, 0.25) is 10.0 Å². The molecule has 88 valence electrons. The first-order valence-corrected chi connectivity index (χ1v) is 6.20. The van der Waals surface area contributed by atoms with Crippen LogP contribution in [0.3, 0.4) is 0 Å². The minimum atomic E-state index is -1.22. The maximum absolute atomic E-state index is 10.8. The van der Waals surface area contributed by atoms with Crippen molar-refractivity contribution in [2.45, 2.75) is 6.92 Å². The lowest BCUT2D eigenvalue weighted by Crippen LogP contribution is -2.21. The van der Waals surface area contributed by atoms with Crippen molar-refractivity contribution in [2.75, 3.05) is 0 Å². The molecular weight excluding hydrogens is 281 g/mol. The fraction of sp³-hybridized carbons (Fsp3) is 0.0909. The molecule has 0 spiro atoms. The Labute approximate surface area is 112 Å². The Kier molecular flexibility index (Phi) is 3.38. The number of benzene rings is 1. The smallest absolute Gasteiger partial charge is 0.124 e. The summed E-state index contributed by atoms with van der Waals surface area (Å²) in [6.07, 6.45) is 0. The van der Waals surface area contributed by atoms with E-state index in [-0.39, 0.29) is 4.88 Å². The van der Waals surface area contributed by atoms with Crippen LogP contribution in [0.1, 0.15) is 15.4 Å². The molecule has 0 amide bonds. The number of halogens is 2. The SMILES string of the molecule is Cc1nc(-c2ccc(Cl)c(Cl)c2)sc1C(=O)[O-]. The summed E-state index contributed by atoms with van der Waals surface area (Å²) in [4.78, 5) is 15.1. The molecule has 0 bridgehead atoms. The number of hydrogen-bond acceptors (Lipinski definition) is 4. The van der Waals surface area contributed by atoms with Gasteiger partial charge in [0.1, 0.15) is 5.01 Å². The molecule has 1 aromatic heterocycles. The number of carboxylic acids is 1. The normalized spacial score (nSPS) is 10.5. The Hall–Kier alpha value is -1.10. The van der Waals surface area contributed by atoms with Crippen LogP contribution in [0.15, 0.2) is 18.2 Å². The molecule has 2 rings (SSSR count). The predicted octanol–water partition coefficient (Wildman–Crippen LogP) is 2.79. The van der Waals surface area contributed by atoms with E-state index in [1.54, 1.807) is 25.1 Å². The number of aromatic nitrogens is 1. The van der Waals surface area contributed by atoms with Crippen molar-refractivity contribution in [2.24, 2.45) is 0 Å². The summed E-state index contributed by atoms with van der Waals surface area (Å²) in [6, 6.07) is 5.04. The van der Waals surface area contributed by atoms with Crippen LogP contribution in [0.25, 0.3) is 10.6 Å². The Bertz CT molecular complexity index is 595. The van der Waals surface area contributed by atoms with Gasteiger partial charge in [0.05, 0.1) is 26.6 Å². The minimum absolute atomic E-state index is 0.131. The number of thiazole rings is 1. The molecule has 1 heterocycles. The molecule has 0 unspecified atom stereocenters. The number of aromatic carboxylic acids is 1. The topological polar surface area (TPSA) is 53.0 Å². The summed E-state index contributed by atoms with van der Waals surface area (Å²) in [5.41, 5.74) is 1.18. The molecule has 0 aliphatic heterocycles. The van der Waals surface area contributed by atoms with Gasteiger partial charge in [-0.25, -0.2) is 4.98 Å². The highest BCUT2D eigenvalue weighted by atomic mass is 35.5. The second-order valence-electron chi connectivity index (χ2n) is 3.35. The lowest BCUT2D eigenvalue weighted by atomic mass is 10.2. The number of hydrogen-bond donors (Lipinski definition) is 0. The van der Waals surface area contributed by atoms with E-state index >= 15 is 0 Å². The van der Waals surface area contributed by atoms with Gasteiger partial charge in [-0.2, -0.15) is 0 Å². The van der Waals surface area contributed by atoms with Crippen LogP contribution >= 0.6 is 34.5 Å². The quantitative estimate of drug-likeness (QED) is 0.853. The third kappa shape index (κ3) is 2.44. The van der Waals surface area contributed by atoms with E-state index in [0.29, 0.717) is 20.7 Å². The summed E-state index contributed by atoms with van der Waals surface area (Å²) in [6.45, 7) is 1.63. The molecule has 0 saturated heterocycles. The minimum Gasteiger partial charge on any atom is -0.544 e. The molecule has 3 nitrogen and oxygen atoms in total. The van der Waals surface area contributed by atoms with Crippen molar-refractivity contribution < 1.29 is 9.90 Å². The Morgan fingerprint density at radius 1 is 1.35 bits per heavy atom. The van der Waals surface area contributed by atoms with Gasteiger partial charge in [0.2, 0.25) is 0 Å². The van der Waals surface area contributed by atoms with Crippen LogP contribution in [0.5, 0.6) is 0 Å². The number of carboxylic acid groups (broad SMARTS) is 1. The Balaban J connectivity index is 2.50. The predicted molar refractivity (Wildman–Crippen MR) is 66.6 cm³/mol. The van der Waals surface area contributed by atoms with Gasteiger partial charge in [0.25, 0.3) is 0 Å². The molecule has 0 fully saturated rings. The third-order valence-electron chi connectivity index (χ3n) is 2.15. The van der Waals surface area contributed by atoms with Gasteiger partial charge in [0, 0.05) is 5.56 Å². The molecule has 6 heteroatoms. The molecule has 0 aliphatic carbocycles. The third-order valence-corrected chi connectivity index (χ3v) is 4.07. The van der Waals surface area contributed by atoms with Crippen LogP contribution in [0.4, 0.5) is 0 Å². The van der Waals surface area contributed by atoms with Crippen molar-refractivity contribution in [3.63, 3.8) is 0 Å². The standard InChI is InChI=1S/C11H7Cl2NO2S/c1-5-9(11(15)16)17-10(14-5)6-2-3-7(12)8(13)4-6/h2-4H,1H3,(H,15,16)/p-1. The second-order valence-corrected chi connectivity index (χ2v) is 5.16. The van der Waals surface area contributed by atoms with Crippen molar-refractivity contribution >= 4 is 40.5 Å². The highest BCUT2D eigenvalue weighted by molar-refractivity contribution is 7.17. The van der Waals surface area contributed by atoms with Crippen molar-refractivity contribution in [1.29, 1.82) is 0 Å². The molecule has 17 heavy (non-hydrogen) atoms. The van der Waals surface area contributed by atoms with Gasteiger partial charge < -0.3 is 9.90 Å². The summed E-state index contributed by atoms with van der Waals surface area (Å²) in [7, 11) is 0. The molecule has 0 atom stereocenters. The van der Waals surface area contributed by atoms with E-state index < -0.39 is 5.97 Å². The maximum Gasteiger partial charge on any atom is 0.124 e. The zero-order valence-electron chi connectivity index (χ0n) is 8.66. The highest BCUT2D eigenvalue weighted by Gasteiger charge is 2.11. The first kappa shape index (κ1) is 12.4. The van der Waals surface area contributed by atoms with Gasteiger partial charge in [-0.05, 0) is 19.1 Å². The Morgan fingerprint density at radius 3 is 2.59 bits per heavy atom. The van der Waals surface area contributed by atoms with Gasteiger partial charge in [-0.15, -0.1) is 11.3 Å². The monoisotopic (exact) mass is 286 g/mol. The van der Waals surface area contributed by atoms with E-state index in [9.17, 15) is 9.90 Å². The van der Waals surface area contributed by atoms with Crippen LogP contribution < -0.4 is 5.11 Å². The summed E-state index contributed by atoms with van der Waals surface area (Å²) >= 11 is 12.8. The lowest BCUT2D eigenvalue weighted by Gasteiger charge is -1.99. The first-order chi connectivity index (χ1) is 7.99. The van der Waals surface area contributed by atoms with Gasteiger partial charge in [-0.3, -0.25) is 0 Å².